The molecule has 0 N–H and O–H groups in total. The smallest absolute Gasteiger partial charge is 0.0253 e. The molecule has 0 aliphatic heterocycles. The normalized spacial score (nSPS) is 11.3. The molecule has 0 aliphatic carbocycles. The fourth-order valence-corrected chi connectivity index (χ4v) is 5.95. The third-order valence-corrected chi connectivity index (χ3v) is 8.60. The summed E-state index contributed by atoms with van der Waals surface area (Å²) in [6.45, 7) is 4.59. The zero-order chi connectivity index (χ0) is 26.4. The van der Waals surface area contributed by atoms with Gasteiger partial charge in [0.1, 0.15) is 0 Å². The highest BCUT2D eigenvalue weighted by atomic mass is 79.9. The zero-order valence-corrected chi connectivity index (χ0v) is 26.1. The molecule has 37 heavy (non-hydrogen) atoms. The number of halogens is 1. The van der Waals surface area contributed by atoms with Crippen LogP contribution in [0.5, 0.6) is 0 Å². The Morgan fingerprint density at radius 1 is 0.459 bits per heavy atom. The van der Waals surface area contributed by atoms with E-state index in [-0.39, 0.29) is 0 Å². The lowest BCUT2D eigenvalue weighted by Gasteiger charge is -2.11. The van der Waals surface area contributed by atoms with Gasteiger partial charge in [0.15, 0.2) is 0 Å². The molecule has 0 bridgehead atoms. The maximum atomic E-state index is 3.83. The minimum atomic E-state index is 1.20. The second kappa shape index (κ2) is 21.8. The summed E-state index contributed by atoms with van der Waals surface area (Å²) >= 11 is 3.83. The van der Waals surface area contributed by atoms with E-state index in [1.807, 2.05) is 0 Å². The molecule has 2 aromatic rings. The third kappa shape index (κ3) is 15.2. The molecular formula is C36H57Br. The van der Waals surface area contributed by atoms with Crippen LogP contribution in [0.25, 0.3) is 11.1 Å². The summed E-state index contributed by atoms with van der Waals surface area (Å²) < 4.78 is 1.22. The average molecular weight is 570 g/mol. The van der Waals surface area contributed by atoms with Gasteiger partial charge in [-0.1, -0.05) is 182 Å². The van der Waals surface area contributed by atoms with Crippen molar-refractivity contribution >= 4 is 15.9 Å². The predicted octanol–water partition coefficient (Wildman–Crippen LogP) is 13.0. The Balaban J connectivity index is 1.68. The van der Waals surface area contributed by atoms with Crippen LogP contribution in [0.15, 0.2) is 46.9 Å². The summed E-state index contributed by atoms with van der Waals surface area (Å²) in [4.78, 5) is 0. The fraction of sp³-hybridized carbons (Fsp3) is 0.667. The minimum Gasteiger partial charge on any atom is -0.0654 e. The molecule has 0 spiro atoms. The van der Waals surface area contributed by atoms with Gasteiger partial charge in [0.05, 0.1) is 0 Å². The number of hydrogen-bond acceptors (Lipinski definition) is 0. The lowest BCUT2D eigenvalue weighted by molar-refractivity contribution is 0.556. The highest BCUT2D eigenvalue weighted by molar-refractivity contribution is 9.10. The number of hydrogen-bond donors (Lipinski definition) is 0. The van der Waals surface area contributed by atoms with E-state index in [0.29, 0.717) is 0 Å². The molecule has 2 aromatic carbocycles. The van der Waals surface area contributed by atoms with Crippen molar-refractivity contribution in [1.29, 1.82) is 0 Å². The molecule has 0 unspecified atom stereocenters. The molecule has 0 aliphatic rings. The highest BCUT2D eigenvalue weighted by Gasteiger charge is 2.06. The van der Waals surface area contributed by atoms with Crippen molar-refractivity contribution in [2.24, 2.45) is 0 Å². The minimum absolute atomic E-state index is 1.20. The van der Waals surface area contributed by atoms with Crippen LogP contribution in [0.3, 0.4) is 0 Å². The third-order valence-electron chi connectivity index (χ3n) is 7.91. The summed E-state index contributed by atoms with van der Waals surface area (Å²) in [6.07, 6.45) is 30.5. The van der Waals surface area contributed by atoms with Crippen molar-refractivity contribution in [2.75, 3.05) is 0 Å². The van der Waals surface area contributed by atoms with Crippen LogP contribution >= 0.6 is 15.9 Å². The molecule has 0 heterocycles. The molecule has 0 saturated carbocycles. The predicted molar refractivity (Wildman–Crippen MR) is 171 cm³/mol. The second-order valence-electron chi connectivity index (χ2n) is 11.4. The lowest BCUT2D eigenvalue weighted by atomic mass is 9.97. The van der Waals surface area contributed by atoms with Crippen molar-refractivity contribution < 1.29 is 0 Å². The van der Waals surface area contributed by atoms with E-state index >= 15 is 0 Å². The van der Waals surface area contributed by atoms with E-state index < -0.39 is 0 Å². The Morgan fingerprint density at radius 2 is 0.892 bits per heavy atom. The van der Waals surface area contributed by atoms with Gasteiger partial charge in [-0.3, -0.25) is 0 Å². The van der Waals surface area contributed by atoms with E-state index in [2.05, 4.69) is 72.2 Å². The van der Waals surface area contributed by atoms with Crippen LogP contribution < -0.4 is 0 Å². The van der Waals surface area contributed by atoms with E-state index in [4.69, 9.17) is 0 Å². The summed E-state index contributed by atoms with van der Waals surface area (Å²) in [5.41, 5.74) is 5.69. The first-order chi connectivity index (χ1) is 18.2. The summed E-state index contributed by atoms with van der Waals surface area (Å²) in [6, 6.07) is 16.3. The Morgan fingerprint density at radius 3 is 1.38 bits per heavy atom. The summed E-state index contributed by atoms with van der Waals surface area (Å²) in [7, 11) is 0. The standard InChI is InChI=1S/C36H57Br/c1-3-5-7-9-11-13-15-17-19-21-24-32-26-23-27-34(30-32)35-31-33(28-29-36(35)37)25-22-20-18-16-14-12-10-8-6-4-2/h23,26-31H,3-22,24-25H2,1-2H3. The first-order valence-electron chi connectivity index (χ1n) is 16.1. The van der Waals surface area contributed by atoms with Gasteiger partial charge in [0.25, 0.3) is 0 Å². The SMILES string of the molecule is CCCCCCCCCCCCc1cccc(-c2cc(CCCCCCCCCCCC)ccc2Br)c1. The van der Waals surface area contributed by atoms with Gasteiger partial charge in [-0.05, 0) is 54.0 Å². The van der Waals surface area contributed by atoms with Crippen LogP contribution in [0.4, 0.5) is 0 Å². The molecule has 2 rings (SSSR count). The van der Waals surface area contributed by atoms with E-state index in [0.717, 1.165) is 0 Å². The van der Waals surface area contributed by atoms with Crippen LogP contribution in [-0.2, 0) is 12.8 Å². The van der Waals surface area contributed by atoms with Crippen molar-refractivity contribution in [3.63, 3.8) is 0 Å². The molecule has 208 valence electrons. The first-order valence-corrected chi connectivity index (χ1v) is 16.9. The molecular weight excluding hydrogens is 512 g/mol. The van der Waals surface area contributed by atoms with Crippen molar-refractivity contribution in [3.05, 3.63) is 58.1 Å². The Hall–Kier alpha value is -1.08. The van der Waals surface area contributed by atoms with Gasteiger partial charge < -0.3 is 0 Å². The quantitative estimate of drug-likeness (QED) is 0.117. The molecule has 0 saturated heterocycles. The maximum absolute atomic E-state index is 3.83. The molecule has 1 heteroatoms. The Kier molecular flexibility index (Phi) is 18.9. The lowest BCUT2D eigenvalue weighted by Crippen LogP contribution is -1.91. The zero-order valence-electron chi connectivity index (χ0n) is 24.5. The summed E-state index contributed by atoms with van der Waals surface area (Å²) in [5.74, 6) is 0. The largest absolute Gasteiger partial charge is 0.0654 e. The van der Waals surface area contributed by atoms with E-state index in [1.54, 1.807) is 0 Å². The van der Waals surface area contributed by atoms with Crippen molar-refractivity contribution in [3.8, 4) is 11.1 Å². The van der Waals surface area contributed by atoms with Gasteiger partial charge in [-0.25, -0.2) is 0 Å². The number of rotatable bonds is 23. The van der Waals surface area contributed by atoms with Gasteiger partial charge in [-0.15, -0.1) is 0 Å². The van der Waals surface area contributed by atoms with Crippen LogP contribution in [0, 0.1) is 0 Å². The van der Waals surface area contributed by atoms with Gasteiger partial charge in [-0.2, -0.15) is 0 Å². The molecule has 0 amide bonds. The van der Waals surface area contributed by atoms with E-state index in [1.165, 1.54) is 168 Å². The number of aryl methyl sites for hydroxylation is 2. The monoisotopic (exact) mass is 568 g/mol. The first kappa shape index (κ1) is 32.1. The number of benzene rings is 2. The fourth-order valence-electron chi connectivity index (χ4n) is 5.48. The van der Waals surface area contributed by atoms with Crippen LogP contribution in [0.1, 0.15) is 153 Å². The van der Waals surface area contributed by atoms with Gasteiger partial charge in [0, 0.05) is 4.47 Å². The molecule has 0 aromatic heterocycles. The molecule has 0 fully saturated rings. The Bertz CT molecular complexity index is 808. The highest BCUT2D eigenvalue weighted by Crippen LogP contribution is 2.31. The maximum Gasteiger partial charge on any atom is 0.0253 e. The van der Waals surface area contributed by atoms with Crippen LogP contribution in [0.2, 0.25) is 0 Å². The molecule has 0 radical (unpaired) electrons. The van der Waals surface area contributed by atoms with Crippen LogP contribution in [-0.4, -0.2) is 0 Å². The van der Waals surface area contributed by atoms with Gasteiger partial charge >= 0.3 is 0 Å². The van der Waals surface area contributed by atoms with Gasteiger partial charge in [0.2, 0.25) is 0 Å². The summed E-state index contributed by atoms with van der Waals surface area (Å²) in [5, 5.41) is 0. The number of unbranched alkanes of at least 4 members (excludes halogenated alkanes) is 18. The average Bonchev–Trinajstić information content (AvgIpc) is 2.92. The van der Waals surface area contributed by atoms with Crippen molar-refractivity contribution in [2.45, 2.75) is 155 Å². The van der Waals surface area contributed by atoms with Crippen molar-refractivity contribution in [1.82, 2.24) is 0 Å². The molecule has 0 atom stereocenters. The molecule has 0 nitrogen and oxygen atoms in total. The van der Waals surface area contributed by atoms with E-state index in [9.17, 15) is 0 Å². The second-order valence-corrected chi connectivity index (χ2v) is 12.2. The Labute approximate surface area is 239 Å². The topological polar surface area (TPSA) is 0 Å².